The largest absolute Gasteiger partial charge is 0.460 e. The van der Waals surface area contributed by atoms with Gasteiger partial charge in [-0.05, 0) is 18.9 Å². The van der Waals surface area contributed by atoms with Crippen LogP contribution in [0.5, 0.6) is 0 Å². The van der Waals surface area contributed by atoms with Crippen molar-refractivity contribution in [2.24, 2.45) is 0 Å². The number of thioether (sulfide) groups is 1. The molecule has 0 aliphatic heterocycles. The van der Waals surface area contributed by atoms with E-state index in [-0.39, 0.29) is 12.6 Å². The van der Waals surface area contributed by atoms with Crippen molar-refractivity contribution in [3.63, 3.8) is 0 Å². The summed E-state index contributed by atoms with van der Waals surface area (Å²) in [6, 6.07) is 9.60. The number of carbonyl (C=O) groups excluding carboxylic acids is 2. The molecule has 1 aromatic carbocycles. The van der Waals surface area contributed by atoms with Crippen LogP contribution in [0.1, 0.15) is 32.3 Å². The summed E-state index contributed by atoms with van der Waals surface area (Å²) in [5, 5.41) is 0. The molecule has 0 saturated heterocycles. The van der Waals surface area contributed by atoms with E-state index in [0.717, 1.165) is 18.3 Å². The van der Waals surface area contributed by atoms with Gasteiger partial charge in [-0.2, -0.15) is 0 Å². The second kappa shape index (κ2) is 9.40. The minimum atomic E-state index is -0.742. The first-order chi connectivity index (χ1) is 10.1. The summed E-state index contributed by atoms with van der Waals surface area (Å²) >= 11 is 1.44. The molecule has 4 heteroatoms. The van der Waals surface area contributed by atoms with Crippen molar-refractivity contribution < 1.29 is 14.3 Å². The molecule has 0 bridgehead atoms. The molecular weight excluding hydrogens is 284 g/mol. The number of rotatable bonds is 9. The Labute approximate surface area is 130 Å². The van der Waals surface area contributed by atoms with Gasteiger partial charge in [-0.3, -0.25) is 4.79 Å². The summed E-state index contributed by atoms with van der Waals surface area (Å²) < 4.78 is 4.68. The predicted molar refractivity (Wildman–Crippen MR) is 87.2 cm³/mol. The third-order valence-corrected chi connectivity index (χ3v) is 4.27. The fourth-order valence-corrected chi connectivity index (χ4v) is 2.71. The van der Waals surface area contributed by atoms with Gasteiger partial charge in [0.2, 0.25) is 0 Å². The van der Waals surface area contributed by atoms with Gasteiger partial charge in [-0.25, -0.2) is 0 Å². The number of benzene rings is 1. The van der Waals surface area contributed by atoms with Gasteiger partial charge in [-0.15, -0.1) is 11.8 Å². The molecule has 0 aliphatic rings. The molecular formula is C17H22O3S. The molecule has 0 unspecified atom stereocenters. The molecule has 0 heterocycles. The zero-order valence-electron chi connectivity index (χ0n) is 12.6. The number of ether oxygens (including phenoxy) is 1. The summed E-state index contributed by atoms with van der Waals surface area (Å²) in [4.78, 5) is 22.8. The molecule has 3 nitrogen and oxygen atoms in total. The molecule has 0 N–H and O–H groups in total. The van der Waals surface area contributed by atoms with E-state index in [0.29, 0.717) is 12.2 Å². The first-order valence-corrected chi connectivity index (χ1v) is 8.07. The fourth-order valence-electron chi connectivity index (χ4n) is 1.70. The quantitative estimate of drug-likeness (QED) is 0.301. The van der Waals surface area contributed by atoms with Crippen molar-refractivity contribution in [1.82, 2.24) is 0 Å². The number of aldehydes is 1. The number of hydrogen-bond acceptors (Lipinski definition) is 4. The summed E-state index contributed by atoms with van der Waals surface area (Å²) in [5.41, 5.74) is 0.963. The average Bonchev–Trinajstić information content (AvgIpc) is 2.52. The normalized spacial score (nSPS) is 13.8. The second-order valence-electron chi connectivity index (χ2n) is 4.78. The van der Waals surface area contributed by atoms with Gasteiger partial charge in [0.25, 0.3) is 0 Å². The number of hydrogen-bond donors (Lipinski definition) is 0. The highest BCUT2D eigenvalue weighted by atomic mass is 32.2. The van der Waals surface area contributed by atoms with E-state index >= 15 is 0 Å². The van der Waals surface area contributed by atoms with Crippen LogP contribution < -0.4 is 0 Å². The van der Waals surface area contributed by atoms with E-state index in [2.05, 4.69) is 0 Å². The molecule has 0 saturated carbocycles. The maximum Gasteiger partial charge on any atom is 0.326 e. The highest BCUT2D eigenvalue weighted by Gasteiger charge is 2.32. The summed E-state index contributed by atoms with van der Waals surface area (Å²) in [6.45, 7) is 4.12. The lowest BCUT2D eigenvalue weighted by Crippen LogP contribution is -2.32. The van der Waals surface area contributed by atoms with Crippen molar-refractivity contribution in [3.8, 4) is 0 Å². The zero-order valence-corrected chi connectivity index (χ0v) is 13.4. The minimum Gasteiger partial charge on any atom is -0.460 e. The van der Waals surface area contributed by atoms with E-state index in [1.807, 2.05) is 56.3 Å². The van der Waals surface area contributed by atoms with Crippen LogP contribution in [-0.2, 0) is 20.9 Å². The molecule has 0 aliphatic carbocycles. The fraction of sp³-hybridized carbons (Fsp3) is 0.412. The van der Waals surface area contributed by atoms with Crippen LogP contribution >= 0.6 is 11.8 Å². The van der Waals surface area contributed by atoms with Crippen LogP contribution in [0.4, 0.5) is 0 Å². The Morgan fingerprint density at radius 1 is 1.33 bits per heavy atom. The number of allylic oxidation sites excluding steroid dienone is 1. The van der Waals surface area contributed by atoms with Crippen LogP contribution in [0.15, 0.2) is 42.5 Å². The van der Waals surface area contributed by atoms with Gasteiger partial charge >= 0.3 is 5.97 Å². The molecule has 0 amide bonds. The monoisotopic (exact) mass is 306 g/mol. The third-order valence-electron chi connectivity index (χ3n) is 2.93. The highest BCUT2D eigenvalue weighted by Crippen LogP contribution is 2.29. The summed E-state index contributed by atoms with van der Waals surface area (Å²) in [5.74, 6) is 0.334. The Balaban J connectivity index is 2.65. The van der Waals surface area contributed by atoms with E-state index in [9.17, 15) is 9.59 Å². The smallest absolute Gasteiger partial charge is 0.326 e. The third kappa shape index (κ3) is 6.17. The standard InChI is InChI=1S/C17H22O3S/c1-3-4-11-17(2,21-13-8-12-18)16(19)20-14-15-9-6-5-7-10-15/h4-7,9-12H,3,8,13-14H2,1-2H3/t17-/m0/s1. The maximum absolute atomic E-state index is 12.4. The first-order valence-electron chi connectivity index (χ1n) is 7.09. The topological polar surface area (TPSA) is 43.4 Å². The van der Waals surface area contributed by atoms with Crippen LogP contribution in [0.25, 0.3) is 0 Å². The number of esters is 1. The van der Waals surface area contributed by atoms with Crippen LogP contribution in [0.3, 0.4) is 0 Å². The van der Waals surface area contributed by atoms with Gasteiger partial charge in [-0.1, -0.05) is 49.4 Å². The van der Waals surface area contributed by atoms with Gasteiger partial charge < -0.3 is 9.53 Å². The van der Waals surface area contributed by atoms with Gasteiger partial charge in [0, 0.05) is 12.2 Å². The van der Waals surface area contributed by atoms with Crippen molar-refractivity contribution in [2.75, 3.05) is 5.75 Å². The SMILES string of the molecule is CCC=C[C@](C)(SCCC=O)C(=O)OCc1ccccc1. The van der Waals surface area contributed by atoms with Crippen molar-refractivity contribution in [1.29, 1.82) is 0 Å². The lowest BCUT2D eigenvalue weighted by atomic mass is 10.1. The highest BCUT2D eigenvalue weighted by molar-refractivity contribution is 8.01. The second-order valence-corrected chi connectivity index (χ2v) is 6.33. The Hall–Kier alpha value is -1.55. The maximum atomic E-state index is 12.4. The molecule has 0 radical (unpaired) electrons. The molecule has 1 aromatic rings. The minimum absolute atomic E-state index is 0.267. The lowest BCUT2D eigenvalue weighted by molar-refractivity contribution is -0.146. The van der Waals surface area contributed by atoms with Gasteiger partial charge in [0.15, 0.2) is 0 Å². The average molecular weight is 306 g/mol. The van der Waals surface area contributed by atoms with Crippen molar-refractivity contribution in [3.05, 3.63) is 48.0 Å². The Kier molecular flexibility index (Phi) is 7.83. The molecule has 0 spiro atoms. The number of carbonyl (C=O) groups is 2. The molecule has 0 fully saturated rings. The lowest BCUT2D eigenvalue weighted by Gasteiger charge is -2.23. The van der Waals surface area contributed by atoms with Gasteiger partial charge in [0.1, 0.15) is 17.6 Å². The van der Waals surface area contributed by atoms with Crippen molar-refractivity contribution >= 4 is 24.0 Å². The van der Waals surface area contributed by atoms with Crippen LogP contribution in [-0.4, -0.2) is 22.8 Å². The molecule has 1 atom stereocenters. The first kappa shape index (κ1) is 17.5. The summed E-state index contributed by atoms with van der Waals surface area (Å²) in [6.07, 6.45) is 5.99. The van der Waals surface area contributed by atoms with Crippen molar-refractivity contribution in [2.45, 2.75) is 38.0 Å². The molecule has 1 rings (SSSR count). The van der Waals surface area contributed by atoms with E-state index in [1.54, 1.807) is 0 Å². The van der Waals surface area contributed by atoms with Crippen LogP contribution in [0, 0.1) is 0 Å². The molecule has 114 valence electrons. The Bertz CT molecular complexity index is 470. The van der Waals surface area contributed by atoms with Gasteiger partial charge in [0.05, 0.1) is 0 Å². The Morgan fingerprint density at radius 2 is 2.05 bits per heavy atom. The van der Waals surface area contributed by atoms with E-state index in [4.69, 9.17) is 4.74 Å². The molecule has 21 heavy (non-hydrogen) atoms. The van der Waals surface area contributed by atoms with E-state index in [1.165, 1.54) is 11.8 Å². The van der Waals surface area contributed by atoms with Crippen LogP contribution in [0.2, 0.25) is 0 Å². The molecule has 0 aromatic heterocycles. The zero-order chi connectivity index (χ0) is 15.6. The van der Waals surface area contributed by atoms with E-state index < -0.39 is 4.75 Å². The Morgan fingerprint density at radius 3 is 2.67 bits per heavy atom. The predicted octanol–water partition coefficient (Wildman–Crippen LogP) is 3.78. The summed E-state index contributed by atoms with van der Waals surface area (Å²) in [7, 11) is 0.